The molecule has 0 aromatic heterocycles. The predicted molar refractivity (Wildman–Crippen MR) is 88.0 cm³/mol. The molecule has 0 spiro atoms. The lowest BCUT2D eigenvalue weighted by atomic mass is 9.73. The quantitative estimate of drug-likeness (QED) is 0.849. The van der Waals surface area contributed by atoms with Gasteiger partial charge in [-0.15, -0.1) is 0 Å². The summed E-state index contributed by atoms with van der Waals surface area (Å²) in [5, 5.41) is 9.85. The first-order chi connectivity index (χ1) is 10.8. The largest absolute Gasteiger partial charge is 0.497 e. The van der Waals surface area contributed by atoms with Gasteiger partial charge in [0.15, 0.2) is 0 Å². The molecule has 1 aliphatic heterocycles. The third kappa shape index (κ3) is 2.98. The van der Waals surface area contributed by atoms with Crippen LogP contribution in [-0.4, -0.2) is 31.1 Å². The van der Waals surface area contributed by atoms with E-state index in [0.29, 0.717) is 0 Å². The van der Waals surface area contributed by atoms with E-state index in [2.05, 4.69) is 17.0 Å². The Morgan fingerprint density at radius 1 is 1.18 bits per heavy atom. The smallest absolute Gasteiger partial charge is 0.119 e. The molecule has 0 N–H and O–H groups in total. The first kappa shape index (κ1) is 15.4. The van der Waals surface area contributed by atoms with Gasteiger partial charge in [-0.25, -0.2) is 0 Å². The molecule has 3 rings (SSSR count). The molecule has 2 aliphatic rings. The Kier molecular flexibility index (Phi) is 4.69. The van der Waals surface area contributed by atoms with Crippen molar-refractivity contribution in [2.75, 3.05) is 20.2 Å². The van der Waals surface area contributed by atoms with Crippen LogP contribution in [0.4, 0.5) is 0 Å². The first-order valence-corrected chi connectivity index (χ1v) is 8.57. The van der Waals surface area contributed by atoms with Crippen LogP contribution in [0.1, 0.15) is 50.5 Å². The van der Waals surface area contributed by atoms with Crippen molar-refractivity contribution in [3.63, 3.8) is 0 Å². The van der Waals surface area contributed by atoms with Gasteiger partial charge in [0.2, 0.25) is 0 Å². The highest BCUT2D eigenvalue weighted by atomic mass is 16.5. The maximum atomic E-state index is 9.85. The van der Waals surface area contributed by atoms with Crippen LogP contribution in [0.3, 0.4) is 0 Å². The van der Waals surface area contributed by atoms with Crippen LogP contribution in [0.15, 0.2) is 24.3 Å². The standard InChI is InChI=1S/C19H26N2O/c1-22-18-9-5-6-16(14-18)19(15-20)10-12-21(13-11-19)17-7-3-2-4-8-17/h5-6,9,14,17H,2-4,7-8,10-13H2,1H3. The predicted octanol–water partition coefficient (Wildman–Crippen LogP) is 3.89. The fourth-order valence-corrected chi connectivity index (χ4v) is 4.10. The average Bonchev–Trinajstić information content (AvgIpc) is 2.62. The van der Waals surface area contributed by atoms with Gasteiger partial charge in [-0.2, -0.15) is 5.26 Å². The van der Waals surface area contributed by atoms with Crippen LogP contribution in [0.5, 0.6) is 5.75 Å². The molecule has 1 aromatic carbocycles. The molecule has 0 bridgehead atoms. The average molecular weight is 298 g/mol. The maximum Gasteiger partial charge on any atom is 0.119 e. The lowest BCUT2D eigenvalue weighted by molar-refractivity contribution is 0.108. The number of methoxy groups -OCH3 is 1. The van der Waals surface area contributed by atoms with Crippen molar-refractivity contribution in [2.24, 2.45) is 0 Å². The fourth-order valence-electron chi connectivity index (χ4n) is 4.10. The third-order valence-electron chi connectivity index (χ3n) is 5.58. The number of likely N-dealkylation sites (tertiary alicyclic amines) is 1. The molecule has 1 saturated heterocycles. The lowest BCUT2D eigenvalue weighted by Gasteiger charge is -2.42. The van der Waals surface area contributed by atoms with Gasteiger partial charge in [0.25, 0.3) is 0 Å². The summed E-state index contributed by atoms with van der Waals surface area (Å²) in [7, 11) is 1.68. The molecule has 2 fully saturated rings. The van der Waals surface area contributed by atoms with Crippen LogP contribution < -0.4 is 4.74 Å². The number of nitrogens with zero attached hydrogens (tertiary/aromatic N) is 2. The molecule has 3 heteroatoms. The minimum absolute atomic E-state index is 0.334. The van der Waals surface area contributed by atoms with Gasteiger partial charge < -0.3 is 9.64 Å². The summed E-state index contributed by atoms with van der Waals surface area (Å²) in [6.45, 7) is 2.10. The van der Waals surface area contributed by atoms with Gasteiger partial charge in [-0.1, -0.05) is 31.4 Å². The lowest BCUT2D eigenvalue weighted by Crippen LogP contribution is -2.47. The number of piperidine rings is 1. The van der Waals surface area contributed by atoms with E-state index in [1.165, 1.54) is 32.1 Å². The van der Waals surface area contributed by atoms with Crippen molar-refractivity contribution < 1.29 is 4.74 Å². The Bertz CT molecular complexity index is 535. The Labute approximate surface area is 133 Å². The summed E-state index contributed by atoms with van der Waals surface area (Å²) in [4.78, 5) is 2.63. The zero-order valence-electron chi connectivity index (χ0n) is 13.6. The maximum absolute atomic E-state index is 9.85. The molecule has 1 heterocycles. The molecular weight excluding hydrogens is 272 g/mol. The second-order valence-electron chi connectivity index (χ2n) is 6.75. The first-order valence-electron chi connectivity index (χ1n) is 8.57. The normalized spacial score (nSPS) is 22.9. The van der Waals surface area contributed by atoms with Crippen molar-refractivity contribution in [3.05, 3.63) is 29.8 Å². The molecule has 3 nitrogen and oxygen atoms in total. The summed E-state index contributed by atoms with van der Waals surface area (Å²) in [5.74, 6) is 0.849. The van der Waals surface area contributed by atoms with E-state index in [9.17, 15) is 5.26 Å². The molecular formula is C19H26N2O. The van der Waals surface area contributed by atoms with E-state index in [1.807, 2.05) is 18.2 Å². The number of ether oxygens (including phenoxy) is 1. The van der Waals surface area contributed by atoms with Gasteiger partial charge >= 0.3 is 0 Å². The summed E-state index contributed by atoms with van der Waals surface area (Å²) in [6, 6.07) is 11.5. The number of hydrogen-bond donors (Lipinski definition) is 0. The van der Waals surface area contributed by atoms with E-state index < -0.39 is 0 Å². The second-order valence-corrected chi connectivity index (χ2v) is 6.75. The SMILES string of the molecule is COc1cccc(C2(C#N)CCN(C3CCCCC3)CC2)c1. The minimum Gasteiger partial charge on any atom is -0.497 e. The van der Waals surface area contributed by atoms with E-state index in [4.69, 9.17) is 4.74 Å². The molecule has 22 heavy (non-hydrogen) atoms. The molecule has 118 valence electrons. The third-order valence-corrected chi connectivity index (χ3v) is 5.58. The Morgan fingerprint density at radius 3 is 2.55 bits per heavy atom. The topological polar surface area (TPSA) is 36.3 Å². The van der Waals surface area contributed by atoms with Gasteiger partial charge in [0.1, 0.15) is 5.75 Å². The number of rotatable bonds is 3. The van der Waals surface area contributed by atoms with Gasteiger partial charge in [0, 0.05) is 19.1 Å². The fraction of sp³-hybridized carbons (Fsp3) is 0.632. The van der Waals surface area contributed by atoms with Crippen LogP contribution in [0.25, 0.3) is 0 Å². The van der Waals surface area contributed by atoms with Gasteiger partial charge in [-0.3, -0.25) is 0 Å². The zero-order chi connectivity index (χ0) is 15.4. The van der Waals surface area contributed by atoms with Crippen molar-refractivity contribution in [1.82, 2.24) is 4.90 Å². The summed E-state index contributed by atoms with van der Waals surface area (Å²) < 4.78 is 5.33. The van der Waals surface area contributed by atoms with Crippen LogP contribution >= 0.6 is 0 Å². The van der Waals surface area contributed by atoms with E-state index in [-0.39, 0.29) is 5.41 Å². The van der Waals surface area contributed by atoms with Crippen molar-refractivity contribution in [3.8, 4) is 11.8 Å². The van der Waals surface area contributed by atoms with Crippen LogP contribution in [0.2, 0.25) is 0 Å². The van der Waals surface area contributed by atoms with Crippen LogP contribution in [0, 0.1) is 11.3 Å². The van der Waals surface area contributed by atoms with E-state index in [0.717, 1.165) is 43.3 Å². The summed E-state index contributed by atoms with van der Waals surface area (Å²) in [6.07, 6.45) is 8.72. The number of hydrogen-bond acceptors (Lipinski definition) is 3. The Morgan fingerprint density at radius 2 is 1.91 bits per heavy atom. The number of benzene rings is 1. The second kappa shape index (κ2) is 6.71. The Hall–Kier alpha value is -1.53. The van der Waals surface area contributed by atoms with Crippen molar-refractivity contribution in [1.29, 1.82) is 5.26 Å². The Balaban J connectivity index is 1.72. The monoisotopic (exact) mass is 298 g/mol. The highest BCUT2D eigenvalue weighted by molar-refractivity contribution is 5.38. The van der Waals surface area contributed by atoms with Gasteiger partial charge in [-0.05, 0) is 43.4 Å². The van der Waals surface area contributed by atoms with E-state index in [1.54, 1.807) is 7.11 Å². The summed E-state index contributed by atoms with van der Waals surface area (Å²) >= 11 is 0. The minimum atomic E-state index is -0.334. The molecule has 0 unspecified atom stereocenters. The van der Waals surface area contributed by atoms with Gasteiger partial charge in [0.05, 0.1) is 18.6 Å². The zero-order valence-corrected chi connectivity index (χ0v) is 13.6. The molecule has 0 amide bonds. The molecule has 1 saturated carbocycles. The molecule has 0 radical (unpaired) electrons. The highest BCUT2D eigenvalue weighted by Gasteiger charge is 2.38. The van der Waals surface area contributed by atoms with E-state index >= 15 is 0 Å². The van der Waals surface area contributed by atoms with Crippen molar-refractivity contribution in [2.45, 2.75) is 56.4 Å². The molecule has 0 atom stereocenters. The number of nitriles is 1. The highest BCUT2D eigenvalue weighted by Crippen LogP contribution is 2.38. The van der Waals surface area contributed by atoms with Crippen molar-refractivity contribution >= 4 is 0 Å². The molecule has 1 aliphatic carbocycles. The molecule has 1 aromatic rings. The summed E-state index contributed by atoms with van der Waals surface area (Å²) in [5.41, 5.74) is 0.789. The van der Waals surface area contributed by atoms with Crippen LogP contribution in [-0.2, 0) is 5.41 Å².